The van der Waals surface area contributed by atoms with E-state index in [0.29, 0.717) is 6.04 Å². The van der Waals surface area contributed by atoms with Crippen LogP contribution in [0.2, 0.25) is 0 Å². The molecule has 0 spiro atoms. The molecule has 0 saturated carbocycles. The Hall–Kier alpha value is -0.590. The lowest BCUT2D eigenvalue weighted by Crippen LogP contribution is -2.38. The summed E-state index contributed by atoms with van der Waals surface area (Å²) < 4.78 is 0. The fourth-order valence-corrected chi connectivity index (χ4v) is 1.49. The smallest absolute Gasteiger partial charge is 0.104 e. The molecule has 0 saturated heterocycles. The van der Waals surface area contributed by atoms with E-state index in [1.54, 1.807) is 0 Å². The Labute approximate surface area is 94.2 Å². The highest BCUT2D eigenvalue weighted by Gasteiger charge is 2.21. The predicted molar refractivity (Wildman–Crippen MR) is 64.4 cm³/mol. The van der Waals surface area contributed by atoms with Gasteiger partial charge in [0.2, 0.25) is 0 Å². The number of nitrogens with two attached hydrogens (primary N) is 1. The zero-order valence-electron chi connectivity index (χ0n) is 10.6. The Morgan fingerprint density at radius 3 is 2.47 bits per heavy atom. The van der Waals surface area contributed by atoms with Gasteiger partial charge in [-0.05, 0) is 46.2 Å². The van der Waals surface area contributed by atoms with Crippen molar-refractivity contribution >= 4 is 0 Å². The molecule has 0 aliphatic carbocycles. The van der Waals surface area contributed by atoms with Crippen molar-refractivity contribution in [3.63, 3.8) is 0 Å². The quantitative estimate of drug-likeness (QED) is 0.702. The topological polar surface area (TPSA) is 53.0 Å². The second kappa shape index (κ2) is 6.81. The van der Waals surface area contributed by atoms with E-state index in [4.69, 9.17) is 11.0 Å². The fraction of sp³-hybridized carbons (Fsp3) is 0.917. The molecule has 0 rings (SSSR count). The van der Waals surface area contributed by atoms with Gasteiger partial charge in [-0.25, -0.2) is 0 Å². The average Bonchev–Trinajstić information content (AvgIpc) is 2.27. The second-order valence-electron chi connectivity index (χ2n) is 4.46. The highest BCUT2D eigenvalue weighted by molar-refractivity contribution is 5.03. The molecule has 88 valence electrons. The highest BCUT2D eigenvalue weighted by atomic mass is 15.1. The standard InChI is InChI=1S/C12H25N3/c1-5-11(3)15(4)9-7-8-12(14,6-2)10-13/h11H,5-9,14H2,1-4H3. The molecule has 0 aliphatic rings. The molecule has 2 atom stereocenters. The van der Waals surface area contributed by atoms with Crippen LogP contribution in [0.4, 0.5) is 0 Å². The van der Waals surface area contributed by atoms with E-state index in [9.17, 15) is 0 Å². The average molecular weight is 211 g/mol. The normalized spacial score (nSPS) is 17.1. The minimum Gasteiger partial charge on any atom is -0.313 e. The van der Waals surface area contributed by atoms with Crippen LogP contribution >= 0.6 is 0 Å². The Morgan fingerprint density at radius 2 is 2.07 bits per heavy atom. The zero-order chi connectivity index (χ0) is 11.9. The lowest BCUT2D eigenvalue weighted by molar-refractivity contribution is 0.241. The van der Waals surface area contributed by atoms with E-state index in [2.05, 4.69) is 31.9 Å². The summed E-state index contributed by atoms with van der Waals surface area (Å²) in [6.07, 6.45) is 3.69. The lowest BCUT2D eigenvalue weighted by Gasteiger charge is -2.25. The van der Waals surface area contributed by atoms with Crippen molar-refractivity contribution < 1.29 is 0 Å². The van der Waals surface area contributed by atoms with Gasteiger partial charge >= 0.3 is 0 Å². The molecule has 3 nitrogen and oxygen atoms in total. The van der Waals surface area contributed by atoms with Crippen molar-refractivity contribution in [3.05, 3.63) is 0 Å². The Bertz CT molecular complexity index is 209. The summed E-state index contributed by atoms with van der Waals surface area (Å²) >= 11 is 0. The van der Waals surface area contributed by atoms with E-state index >= 15 is 0 Å². The molecule has 2 N–H and O–H groups in total. The number of nitrogens with zero attached hydrogens (tertiary/aromatic N) is 2. The lowest BCUT2D eigenvalue weighted by atomic mass is 9.93. The van der Waals surface area contributed by atoms with Gasteiger partial charge in [-0.3, -0.25) is 0 Å². The minimum absolute atomic E-state index is 0.612. The van der Waals surface area contributed by atoms with Crippen LogP contribution in [-0.4, -0.2) is 30.1 Å². The Kier molecular flexibility index (Phi) is 6.55. The van der Waals surface area contributed by atoms with Gasteiger partial charge in [0, 0.05) is 6.04 Å². The number of hydrogen-bond donors (Lipinski definition) is 1. The first kappa shape index (κ1) is 14.4. The van der Waals surface area contributed by atoms with Gasteiger partial charge in [-0.15, -0.1) is 0 Å². The summed E-state index contributed by atoms with van der Waals surface area (Å²) in [6.45, 7) is 7.41. The van der Waals surface area contributed by atoms with Crippen LogP contribution in [0, 0.1) is 11.3 Å². The summed E-state index contributed by atoms with van der Waals surface area (Å²) in [5, 5.41) is 8.92. The third-order valence-corrected chi connectivity index (χ3v) is 3.33. The van der Waals surface area contributed by atoms with Crippen molar-refractivity contribution in [1.29, 1.82) is 5.26 Å². The maximum atomic E-state index is 8.92. The molecular weight excluding hydrogens is 186 g/mol. The Balaban J connectivity index is 3.84. The summed E-state index contributed by atoms with van der Waals surface area (Å²) in [4.78, 5) is 2.33. The SMILES string of the molecule is CCC(C)N(C)CCCC(N)(C#N)CC. The molecule has 0 aliphatic heterocycles. The molecule has 2 unspecified atom stereocenters. The van der Waals surface area contributed by atoms with Gasteiger partial charge in [-0.2, -0.15) is 5.26 Å². The van der Waals surface area contributed by atoms with Gasteiger partial charge < -0.3 is 10.6 Å². The summed E-state index contributed by atoms with van der Waals surface area (Å²) in [5.74, 6) is 0. The summed E-state index contributed by atoms with van der Waals surface area (Å²) in [6, 6.07) is 2.82. The number of nitriles is 1. The Morgan fingerprint density at radius 1 is 1.47 bits per heavy atom. The van der Waals surface area contributed by atoms with Crippen LogP contribution in [0.25, 0.3) is 0 Å². The molecule has 0 heterocycles. The molecule has 0 aromatic rings. The van der Waals surface area contributed by atoms with E-state index in [-0.39, 0.29) is 0 Å². The van der Waals surface area contributed by atoms with E-state index in [1.807, 2.05) is 6.92 Å². The minimum atomic E-state index is -0.615. The molecule has 0 amide bonds. The van der Waals surface area contributed by atoms with Gasteiger partial charge in [0.1, 0.15) is 5.54 Å². The molecule has 0 aromatic carbocycles. The molecule has 0 radical (unpaired) electrons. The van der Waals surface area contributed by atoms with Crippen LogP contribution in [0.15, 0.2) is 0 Å². The van der Waals surface area contributed by atoms with Crippen molar-refractivity contribution in [2.75, 3.05) is 13.6 Å². The molecule has 3 heteroatoms. The van der Waals surface area contributed by atoms with Gasteiger partial charge in [-0.1, -0.05) is 13.8 Å². The fourth-order valence-electron chi connectivity index (χ4n) is 1.49. The molecule has 15 heavy (non-hydrogen) atoms. The van der Waals surface area contributed by atoms with E-state index < -0.39 is 5.54 Å². The van der Waals surface area contributed by atoms with Crippen molar-refractivity contribution in [3.8, 4) is 6.07 Å². The van der Waals surface area contributed by atoms with Crippen molar-refractivity contribution in [2.45, 2.75) is 58.0 Å². The highest BCUT2D eigenvalue weighted by Crippen LogP contribution is 2.13. The second-order valence-corrected chi connectivity index (χ2v) is 4.46. The largest absolute Gasteiger partial charge is 0.313 e. The monoisotopic (exact) mass is 211 g/mol. The van der Waals surface area contributed by atoms with Crippen LogP contribution in [0.5, 0.6) is 0 Å². The number of rotatable bonds is 7. The first-order valence-electron chi connectivity index (χ1n) is 5.89. The first-order chi connectivity index (χ1) is 6.99. The van der Waals surface area contributed by atoms with E-state index in [0.717, 1.165) is 32.2 Å². The molecule has 0 fully saturated rings. The first-order valence-corrected chi connectivity index (χ1v) is 5.89. The van der Waals surface area contributed by atoms with Gasteiger partial charge in [0.25, 0.3) is 0 Å². The maximum Gasteiger partial charge on any atom is 0.104 e. The van der Waals surface area contributed by atoms with Gasteiger partial charge in [0.05, 0.1) is 6.07 Å². The van der Waals surface area contributed by atoms with Crippen LogP contribution in [0.1, 0.15) is 46.5 Å². The summed E-state index contributed by atoms with van der Waals surface area (Å²) in [5.41, 5.74) is 5.30. The third kappa shape index (κ3) is 5.15. The predicted octanol–water partition coefficient (Wildman–Crippen LogP) is 2.13. The van der Waals surface area contributed by atoms with E-state index in [1.165, 1.54) is 0 Å². The van der Waals surface area contributed by atoms with Crippen molar-refractivity contribution in [2.24, 2.45) is 5.73 Å². The maximum absolute atomic E-state index is 8.92. The molecular formula is C12H25N3. The third-order valence-electron chi connectivity index (χ3n) is 3.33. The zero-order valence-corrected chi connectivity index (χ0v) is 10.6. The van der Waals surface area contributed by atoms with Crippen LogP contribution in [0.3, 0.4) is 0 Å². The summed E-state index contributed by atoms with van der Waals surface area (Å²) in [7, 11) is 2.13. The number of hydrogen-bond acceptors (Lipinski definition) is 3. The van der Waals surface area contributed by atoms with Gasteiger partial charge in [0.15, 0.2) is 0 Å². The molecule has 0 bridgehead atoms. The van der Waals surface area contributed by atoms with Crippen LogP contribution in [-0.2, 0) is 0 Å². The van der Waals surface area contributed by atoms with Crippen LogP contribution < -0.4 is 5.73 Å². The van der Waals surface area contributed by atoms with Crippen molar-refractivity contribution in [1.82, 2.24) is 4.90 Å². The molecule has 0 aromatic heterocycles.